The van der Waals surface area contributed by atoms with Crippen molar-refractivity contribution in [2.45, 2.75) is 12.8 Å². The molecule has 2 saturated heterocycles. The Morgan fingerprint density at radius 2 is 1.78 bits per heavy atom. The molecule has 0 atom stereocenters. The molecule has 0 bridgehead atoms. The fourth-order valence-electron chi connectivity index (χ4n) is 3.60. The van der Waals surface area contributed by atoms with Gasteiger partial charge >= 0.3 is 0 Å². The average Bonchev–Trinajstić information content (AvgIpc) is 3.15. The fourth-order valence-corrected chi connectivity index (χ4v) is 3.60. The van der Waals surface area contributed by atoms with E-state index in [9.17, 15) is 9.59 Å². The van der Waals surface area contributed by atoms with Crippen molar-refractivity contribution in [3.8, 4) is 0 Å². The second-order valence-electron chi connectivity index (χ2n) is 6.89. The Bertz CT molecular complexity index is 813. The Kier molecular flexibility index (Phi) is 5.20. The van der Waals surface area contributed by atoms with Gasteiger partial charge in [0.15, 0.2) is 5.58 Å². The number of amides is 2. The molecular weight excluding hydrogens is 346 g/mol. The molecule has 2 amide bonds. The van der Waals surface area contributed by atoms with Crippen molar-refractivity contribution in [1.29, 1.82) is 0 Å². The summed E-state index contributed by atoms with van der Waals surface area (Å²) in [6.07, 6.45) is 4.51. The standard InChI is InChI=1S/C20H23N3O4/c24-19(6-5-18-21-16-3-1-2-4-17(16)27-18)22-9-7-15(8-10-22)20(25)23-11-13-26-14-12-23/h1-6,15H,7-14H2/b6-5+. The lowest BCUT2D eigenvalue weighted by Crippen LogP contribution is -2.47. The fraction of sp³-hybridized carbons (Fsp3) is 0.450. The van der Waals surface area contributed by atoms with E-state index in [1.54, 1.807) is 11.0 Å². The van der Waals surface area contributed by atoms with Gasteiger partial charge in [-0.05, 0) is 25.0 Å². The van der Waals surface area contributed by atoms with Gasteiger partial charge in [0.2, 0.25) is 17.7 Å². The number of fused-ring (bicyclic) bond motifs is 1. The van der Waals surface area contributed by atoms with Gasteiger partial charge in [0.25, 0.3) is 0 Å². The molecule has 27 heavy (non-hydrogen) atoms. The van der Waals surface area contributed by atoms with Crippen LogP contribution in [0.4, 0.5) is 0 Å². The Morgan fingerprint density at radius 1 is 1.04 bits per heavy atom. The highest BCUT2D eigenvalue weighted by atomic mass is 16.5. The van der Waals surface area contributed by atoms with Crippen LogP contribution in [-0.4, -0.2) is 66.0 Å². The highest BCUT2D eigenvalue weighted by Crippen LogP contribution is 2.21. The molecule has 2 aliphatic rings. The zero-order valence-electron chi connectivity index (χ0n) is 15.2. The normalized spacial score (nSPS) is 19.1. The van der Waals surface area contributed by atoms with Crippen LogP contribution in [-0.2, 0) is 14.3 Å². The molecular formula is C20H23N3O4. The molecule has 0 radical (unpaired) electrons. The molecule has 1 aromatic heterocycles. The first-order chi connectivity index (χ1) is 13.2. The third kappa shape index (κ3) is 4.03. The van der Waals surface area contributed by atoms with E-state index < -0.39 is 0 Å². The Morgan fingerprint density at radius 3 is 2.52 bits per heavy atom. The molecule has 7 nitrogen and oxygen atoms in total. The quantitative estimate of drug-likeness (QED) is 0.773. The Balaban J connectivity index is 1.31. The maximum Gasteiger partial charge on any atom is 0.246 e. The number of hydrogen-bond donors (Lipinski definition) is 0. The zero-order valence-corrected chi connectivity index (χ0v) is 15.2. The van der Waals surface area contributed by atoms with Gasteiger partial charge in [-0.15, -0.1) is 0 Å². The summed E-state index contributed by atoms with van der Waals surface area (Å²) in [5.74, 6) is 0.553. The summed E-state index contributed by atoms with van der Waals surface area (Å²) in [7, 11) is 0. The van der Waals surface area contributed by atoms with E-state index in [-0.39, 0.29) is 17.7 Å². The van der Waals surface area contributed by atoms with E-state index in [1.165, 1.54) is 6.08 Å². The maximum atomic E-state index is 12.6. The van der Waals surface area contributed by atoms with E-state index in [2.05, 4.69) is 4.98 Å². The van der Waals surface area contributed by atoms with E-state index in [0.29, 0.717) is 63.7 Å². The smallest absolute Gasteiger partial charge is 0.246 e. The first kappa shape index (κ1) is 17.7. The van der Waals surface area contributed by atoms with E-state index in [0.717, 1.165) is 5.52 Å². The second-order valence-corrected chi connectivity index (χ2v) is 6.89. The summed E-state index contributed by atoms with van der Waals surface area (Å²) in [6, 6.07) is 7.49. The van der Waals surface area contributed by atoms with Crippen LogP contribution >= 0.6 is 0 Å². The van der Waals surface area contributed by atoms with Gasteiger partial charge in [-0.25, -0.2) is 4.98 Å². The number of carbonyl (C=O) groups excluding carboxylic acids is 2. The van der Waals surface area contributed by atoms with E-state index >= 15 is 0 Å². The molecule has 142 valence electrons. The van der Waals surface area contributed by atoms with Gasteiger partial charge in [0, 0.05) is 44.2 Å². The summed E-state index contributed by atoms with van der Waals surface area (Å²) in [5, 5.41) is 0. The SMILES string of the molecule is O=C(/C=C/c1nc2ccccc2o1)N1CCC(C(=O)N2CCOCC2)CC1. The molecule has 3 heterocycles. The van der Waals surface area contributed by atoms with Crippen LogP contribution in [0.25, 0.3) is 17.2 Å². The van der Waals surface area contributed by atoms with Crippen LogP contribution in [0.15, 0.2) is 34.8 Å². The average molecular weight is 369 g/mol. The van der Waals surface area contributed by atoms with Gasteiger partial charge < -0.3 is 19.0 Å². The number of carbonyl (C=O) groups is 2. The summed E-state index contributed by atoms with van der Waals surface area (Å²) >= 11 is 0. The number of oxazole rings is 1. The number of ether oxygens (including phenoxy) is 1. The molecule has 2 aromatic rings. The number of para-hydroxylation sites is 2. The molecule has 0 saturated carbocycles. The third-order valence-corrected chi connectivity index (χ3v) is 5.16. The number of benzene rings is 1. The van der Waals surface area contributed by atoms with Crippen molar-refractivity contribution in [1.82, 2.24) is 14.8 Å². The van der Waals surface area contributed by atoms with Crippen LogP contribution in [0.3, 0.4) is 0 Å². The highest BCUT2D eigenvalue weighted by Gasteiger charge is 2.30. The van der Waals surface area contributed by atoms with Crippen LogP contribution < -0.4 is 0 Å². The minimum Gasteiger partial charge on any atom is -0.437 e. The predicted octanol–water partition coefficient (Wildman–Crippen LogP) is 1.94. The van der Waals surface area contributed by atoms with Crippen LogP contribution in [0.2, 0.25) is 0 Å². The van der Waals surface area contributed by atoms with Gasteiger partial charge in [0.05, 0.1) is 13.2 Å². The van der Waals surface area contributed by atoms with E-state index in [1.807, 2.05) is 29.2 Å². The van der Waals surface area contributed by atoms with Crippen LogP contribution in [0, 0.1) is 5.92 Å². The largest absolute Gasteiger partial charge is 0.437 e. The molecule has 0 aliphatic carbocycles. The molecule has 0 unspecified atom stereocenters. The highest BCUT2D eigenvalue weighted by molar-refractivity contribution is 5.91. The minimum atomic E-state index is -0.0745. The lowest BCUT2D eigenvalue weighted by atomic mass is 9.95. The summed E-state index contributed by atoms with van der Waals surface area (Å²) in [5.41, 5.74) is 1.47. The van der Waals surface area contributed by atoms with Crippen LogP contribution in [0.1, 0.15) is 18.7 Å². The molecule has 1 aromatic carbocycles. The monoisotopic (exact) mass is 369 g/mol. The summed E-state index contributed by atoms with van der Waals surface area (Å²) < 4.78 is 10.9. The number of aromatic nitrogens is 1. The summed E-state index contributed by atoms with van der Waals surface area (Å²) in [4.78, 5) is 33.0. The second kappa shape index (κ2) is 7.92. The van der Waals surface area contributed by atoms with Gasteiger partial charge in [-0.3, -0.25) is 9.59 Å². The van der Waals surface area contributed by atoms with Crippen molar-refractivity contribution in [3.63, 3.8) is 0 Å². The number of nitrogens with zero attached hydrogens (tertiary/aromatic N) is 3. The first-order valence-electron chi connectivity index (χ1n) is 9.40. The number of hydrogen-bond acceptors (Lipinski definition) is 5. The molecule has 7 heteroatoms. The molecule has 4 rings (SSSR count). The van der Waals surface area contributed by atoms with Gasteiger partial charge in [-0.2, -0.15) is 0 Å². The van der Waals surface area contributed by atoms with Crippen molar-refractivity contribution in [2.24, 2.45) is 5.92 Å². The zero-order chi connectivity index (χ0) is 18.6. The third-order valence-electron chi connectivity index (χ3n) is 5.16. The molecule has 2 aliphatic heterocycles. The van der Waals surface area contributed by atoms with Crippen molar-refractivity contribution < 1.29 is 18.7 Å². The molecule has 0 spiro atoms. The molecule has 2 fully saturated rings. The van der Waals surface area contributed by atoms with E-state index in [4.69, 9.17) is 9.15 Å². The lowest BCUT2D eigenvalue weighted by molar-refractivity contribution is -0.142. The Labute approximate surface area is 157 Å². The number of piperidine rings is 1. The summed E-state index contributed by atoms with van der Waals surface area (Å²) in [6.45, 7) is 3.76. The topological polar surface area (TPSA) is 75.9 Å². The number of rotatable bonds is 3. The number of morpholine rings is 1. The van der Waals surface area contributed by atoms with Gasteiger partial charge in [-0.1, -0.05) is 12.1 Å². The molecule has 0 N–H and O–H groups in total. The van der Waals surface area contributed by atoms with Crippen LogP contribution in [0.5, 0.6) is 0 Å². The van der Waals surface area contributed by atoms with Crippen molar-refractivity contribution in [3.05, 3.63) is 36.2 Å². The Hall–Kier alpha value is -2.67. The first-order valence-corrected chi connectivity index (χ1v) is 9.40. The maximum absolute atomic E-state index is 12.6. The number of likely N-dealkylation sites (tertiary alicyclic amines) is 1. The minimum absolute atomic E-state index is 0.00756. The van der Waals surface area contributed by atoms with Crippen molar-refractivity contribution >= 4 is 29.0 Å². The predicted molar refractivity (Wildman–Crippen MR) is 99.7 cm³/mol. The van der Waals surface area contributed by atoms with Gasteiger partial charge in [0.1, 0.15) is 5.52 Å². The lowest BCUT2D eigenvalue weighted by Gasteiger charge is -2.35. The van der Waals surface area contributed by atoms with Crippen molar-refractivity contribution in [2.75, 3.05) is 39.4 Å².